The summed E-state index contributed by atoms with van der Waals surface area (Å²) in [4.78, 5) is 4.82. The summed E-state index contributed by atoms with van der Waals surface area (Å²) in [6.07, 6.45) is 3.91. The topological polar surface area (TPSA) is 33.1 Å². The highest BCUT2D eigenvalue weighted by molar-refractivity contribution is 5.80. The van der Waals surface area contributed by atoms with Crippen LogP contribution in [0.15, 0.2) is 35.9 Å². The summed E-state index contributed by atoms with van der Waals surface area (Å²) in [5.41, 5.74) is 7.73. The molecule has 0 spiro atoms. The minimum atomic E-state index is 0.0218. The van der Waals surface area contributed by atoms with Crippen molar-refractivity contribution in [3.8, 4) is 11.1 Å². The van der Waals surface area contributed by atoms with Crippen molar-refractivity contribution in [2.45, 2.75) is 47.1 Å². The predicted octanol–water partition coefficient (Wildman–Crippen LogP) is 4.79. The van der Waals surface area contributed by atoms with Crippen LogP contribution in [0.5, 0.6) is 0 Å². The number of rotatable bonds is 5. The summed E-state index contributed by atoms with van der Waals surface area (Å²) in [6.45, 7) is 8.45. The zero-order valence-corrected chi connectivity index (χ0v) is 14.0. The largest absolute Gasteiger partial charge is 0.392 e. The molecule has 1 heterocycles. The van der Waals surface area contributed by atoms with Crippen LogP contribution in [-0.4, -0.2) is 10.1 Å². The lowest BCUT2D eigenvalue weighted by atomic mass is 9.90. The van der Waals surface area contributed by atoms with E-state index in [1.807, 2.05) is 18.2 Å². The number of aliphatic hydroxyl groups excluding tert-OH is 1. The van der Waals surface area contributed by atoms with E-state index >= 15 is 0 Å². The first-order valence-electron chi connectivity index (χ1n) is 7.98. The van der Waals surface area contributed by atoms with E-state index in [-0.39, 0.29) is 6.61 Å². The van der Waals surface area contributed by atoms with Crippen LogP contribution >= 0.6 is 0 Å². The highest BCUT2D eigenvalue weighted by atomic mass is 16.3. The number of pyridine rings is 1. The van der Waals surface area contributed by atoms with E-state index in [0.717, 1.165) is 46.5 Å². The minimum Gasteiger partial charge on any atom is -0.392 e. The normalized spacial score (nSPS) is 10.6. The molecule has 0 aliphatic heterocycles. The molecule has 1 N–H and O–H groups in total. The molecule has 0 fully saturated rings. The van der Waals surface area contributed by atoms with Gasteiger partial charge in [0.2, 0.25) is 0 Å². The van der Waals surface area contributed by atoms with E-state index in [4.69, 9.17) is 4.98 Å². The monoisotopic (exact) mass is 295 g/mol. The molecule has 2 rings (SSSR count). The summed E-state index contributed by atoms with van der Waals surface area (Å²) in [6, 6.07) is 10.3. The number of nitrogens with zero attached hydrogens (tertiary/aromatic N) is 1. The van der Waals surface area contributed by atoms with Crippen molar-refractivity contribution >= 4 is 6.08 Å². The van der Waals surface area contributed by atoms with Crippen LogP contribution in [-0.2, 0) is 19.4 Å². The lowest BCUT2D eigenvalue weighted by Crippen LogP contribution is -2.07. The van der Waals surface area contributed by atoms with E-state index < -0.39 is 0 Å². The van der Waals surface area contributed by atoms with Crippen molar-refractivity contribution in [2.75, 3.05) is 0 Å². The highest BCUT2D eigenvalue weighted by Crippen LogP contribution is 2.33. The first kappa shape index (κ1) is 16.4. The molecule has 1 aromatic carbocycles. The quantitative estimate of drug-likeness (QED) is 0.860. The number of aliphatic hydroxyl groups is 1. The zero-order valence-electron chi connectivity index (χ0n) is 14.0. The van der Waals surface area contributed by atoms with Gasteiger partial charge < -0.3 is 5.11 Å². The zero-order chi connectivity index (χ0) is 16.1. The molecule has 0 saturated carbocycles. The third kappa shape index (κ3) is 3.28. The Balaban J connectivity index is 2.88. The molecule has 0 amide bonds. The van der Waals surface area contributed by atoms with Gasteiger partial charge in [0, 0.05) is 22.5 Å². The minimum absolute atomic E-state index is 0.0218. The van der Waals surface area contributed by atoms with Gasteiger partial charge in [-0.1, -0.05) is 55.8 Å². The fourth-order valence-electron chi connectivity index (χ4n) is 2.85. The molecule has 116 valence electrons. The van der Waals surface area contributed by atoms with Crippen molar-refractivity contribution in [2.24, 2.45) is 0 Å². The summed E-state index contributed by atoms with van der Waals surface area (Å²) in [5.74, 6) is 0. The second-order valence-corrected chi connectivity index (χ2v) is 5.73. The maximum Gasteiger partial charge on any atom is 0.0705 e. The molecular weight excluding hydrogens is 270 g/mol. The molecule has 0 aliphatic rings. The summed E-state index contributed by atoms with van der Waals surface area (Å²) < 4.78 is 0. The number of allylic oxidation sites excluding steroid dienone is 1. The molecule has 0 saturated heterocycles. The SMILES string of the molecule is CCc1nc(CC)c(CO)c(-c2ccccc2)c1C=C(C)C. The van der Waals surface area contributed by atoms with Gasteiger partial charge in [-0.2, -0.15) is 0 Å². The van der Waals surface area contributed by atoms with Crippen LogP contribution in [0.25, 0.3) is 17.2 Å². The molecule has 1 aromatic heterocycles. The smallest absolute Gasteiger partial charge is 0.0705 e. The lowest BCUT2D eigenvalue weighted by Gasteiger charge is -2.19. The number of hydrogen-bond donors (Lipinski definition) is 1. The Morgan fingerprint density at radius 1 is 1.05 bits per heavy atom. The second kappa shape index (κ2) is 7.37. The summed E-state index contributed by atoms with van der Waals surface area (Å²) in [7, 11) is 0. The molecule has 0 bridgehead atoms. The third-order valence-electron chi connectivity index (χ3n) is 3.82. The van der Waals surface area contributed by atoms with Gasteiger partial charge in [-0.05, 0) is 37.8 Å². The maximum absolute atomic E-state index is 9.95. The van der Waals surface area contributed by atoms with Gasteiger partial charge in [0.1, 0.15) is 0 Å². The standard InChI is InChI=1S/C20H25NO/c1-5-18-16(12-14(3)4)20(15-10-8-7-9-11-15)17(13-22)19(6-2)21-18/h7-12,22H,5-6,13H2,1-4H3. The van der Waals surface area contributed by atoms with E-state index in [1.54, 1.807) is 0 Å². The van der Waals surface area contributed by atoms with Gasteiger partial charge >= 0.3 is 0 Å². The molecule has 0 unspecified atom stereocenters. The summed E-state index contributed by atoms with van der Waals surface area (Å²) in [5, 5.41) is 9.95. The fourth-order valence-corrected chi connectivity index (χ4v) is 2.85. The van der Waals surface area contributed by atoms with Crippen molar-refractivity contribution < 1.29 is 5.11 Å². The molecule has 22 heavy (non-hydrogen) atoms. The second-order valence-electron chi connectivity index (χ2n) is 5.73. The van der Waals surface area contributed by atoms with Crippen LogP contribution in [0.2, 0.25) is 0 Å². The third-order valence-corrected chi connectivity index (χ3v) is 3.82. The van der Waals surface area contributed by atoms with E-state index in [2.05, 4.69) is 45.9 Å². The van der Waals surface area contributed by atoms with E-state index in [1.165, 1.54) is 5.57 Å². The Morgan fingerprint density at radius 2 is 1.68 bits per heavy atom. The lowest BCUT2D eigenvalue weighted by molar-refractivity contribution is 0.280. The Morgan fingerprint density at radius 3 is 2.18 bits per heavy atom. The van der Waals surface area contributed by atoms with Gasteiger partial charge in [-0.15, -0.1) is 0 Å². The van der Waals surface area contributed by atoms with Crippen LogP contribution in [0.1, 0.15) is 50.2 Å². The van der Waals surface area contributed by atoms with Gasteiger partial charge in [0.15, 0.2) is 0 Å². The van der Waals surface area contributed by atoms with Crippen LogP contribution in [0, 0.1) is 0 Å². The van der Waals surface area contributed by atoms with Crippen molar-refractivity contribution in [1.82, 2.24) is 4.98 Å². The first-order chi connectivity index (χ1) is 10.6. The van der Waals surface area contributed by atoms with Gasteiger partial charge in [-0.3, -0.25) is 4.98 Å². The molecule has 2 aromatic rings. The number of aryl methyl sites for hydroxylation is 2. The predicted molar refractivity (Wildman–Crippen MR) is 93.7 cm³/mol. The van der Waals surface area contributed by atoms with Crippen molar-refractivity contribution in [3.63, 3.8) is 0 Å². The number of benzene rings is 1. The van der Waals surface area contributed by atoms with E-state index in [9.17, 15) is 5.11 Å². The molecule has 0 radical (unpaired) electrons. The Labute approximate surface area is 133 Å². The molecular formula is C20H25NO. The van der Waals surface area contributed by atoms with Crippen LogP contribution in [0.3, 0.4) is 0 Å². The van der Waals surface area contributed by atoms with Crippen LogP contribution < -0.4 is 0 Å². The molecule has 2 nitrogen and oxygen atoms in total. The average Bonchev–Trinajstić information content (AvgIpc) is 2.54. The molecule has 0 aliphatic carbocycles. The van der Waals surface area contributed by atoms with E-state index in [0.29, 0.717) is 0 Å². The van der Waals surface area contributed by atoms with Gasteiger partial charge in [0.25, 0.3) is 0 Å². The van der Waals surface area contributed by atoms with Crippen molar-refractivity contribution in [1.29, 1.82) is 0 Å². The number of hydrogen-bond acceptors (Lipinski definition) is 2. The fraction of sp³-hybridized carbons (Fsp3) is 0.350. The Bertz CT molecular complexity index is 668. The summed E-state index contributed by atoms with van der Waals surface area (Å²) >= 11 is 0. The molecule has 2 heteroatoms. The maximum atomic E-state index is 9.95. The molecule has 0 atom stereocenters. The van der Waals surface area contributed by atoms with Crippen LogP contribution in [0.4, 0.5) is 0 Å². The van der Waals surface area contributed by atoms with Crippen molar-refractivity contribution in [3.05, 3.63) is 58.4 Å². The highest BCUT2D eigenvalue weighted by Gasteiger charge is 2.17. The Hall–Kier alpha value is -1.93. The first-order valence-corrected chi connectivity index (χ1v) is 7.98. The van der Waals surface area contributed by atoms with Gasteiger partial charge in [-0.25, -0.2) is 0 Å². The van der Waals surface area contributed by atoms with Gasteiger partial charge in [0.05, 0.1) is 6.61 Å². The Kier molecular flexibility index (Phi) is 5.51. The number of aromatic nitrogens is 1. The average molecular weight is 295 g/mol.